The van der Waals surface area contributed by atoms with Crippen molar-refractivity contribution in [3.63, 3.8) is 0 Å². The van der Waals surface area contributed by atoms with E-state index < -0.39 is 0 Å². The van der Waals surface area contributed by atoms with Crippen molar-refractivity contribution < 1.29 is 0 Å². The molecule has 1 heterocycles. The summed E-state index contributed by atoms with van der Waals surface area (Å²) in [6.45, 7) is 13.1. The minimum atomic E-state index is 0.0560. The van der Waals surface area contributed by atoms with E-state index in [4.69, 9.17) is 0 Å². The molecule has 0 aliphatic heterocycles. The average Bonchev–Trinajstić information content (AvgIpc) is 2.74. The monoisotopic (exact) mass is 422 g/mol. The third kappa shape index (κ3) is 4.36. The molecular formula is C20H23IS. The SMILES string of the molecule is Cc1cc(Cc2csc(C#CC(C)(C)C)c2C)c(C)cc1I. The largest absolute Gasteiger partial charge is 0.135 e. The summed E-state index contributed by atoms with van der Waals surface area (Å²) in [6, 6.07) is 4.61. The Bertz CT molecular complexity index is 748. The smallest absolute Gasteiger partial charge is 0.0800 e. The third-order valence-electron chi connectivity index (χ3n) is 3.69. The van der Waals surface area contributed by atoms with Crippen molar-refractivity contribution in [2.24, 2.45) is 5.41 Å². The molecule has 0 fully saturated rings. The second-order valence-electron chi connectivity index (χ2n) is 6.92. The third-order valence-corrected chi connectivity index (χ3v) is 5.90. The van der Waals surface area contributed by atoms with Crippen LogP contribution in [0, 0.1) is 41.6 Å². The predicted octanol–water partition coefficient (Wildman–Crippen LogP) is 6.27. The van der Waals surface area contributed by atoms with Gasteiger partial charge in [0.05, 0.1) is 4.88 Å². The molecule has 0 bridgehead atoms. The van der Waals surface area contributed by atoms with Crippen LogP contribution in [-0.4, -0.2) is 0 Å². The van der Waals surface area contributed by atoms with Crippen molar-refractivity contribution in [2.45, 2.75) is 48.0 Å². The van der Waals surface area contributed by atoms with Gasteiger partial charge >= 0.3 is 0 Å². The zero-order valence-corrected chi connectivity index (χ0v) is 17.2. The molecular weight excluding hydrogens is 399 g/mol. The Kier molecular flexibility index (Phi) is 5.40. The van der Waals surface area contributed by atoms with E-state index >= 15 is 0 Å². The highest BCUT2D eigenvalue weighted by Crippen LogP contribution is 2.26. The van der Waals surface area contributed by atoms with Crippen LogP contribution >= 0.6 is 33.9 Å². The molecule has 0 unspecified atom stereocenters. The summed E-state index contributed by atoms with van der Waals surface area (Å²) in [5, 5.41) is 2.27. The fourth-order valence-electron chi connectivity index (χ4n) is 2.23. The van der Waals surface area contributed by atoms with E-state index in [0.717, 1.165) is 6.42 Å². The normalized spacial score (nSPS) is 11.2. The maximum Gasteiger partial charge on any atom is 0.0800 e. The van der Waals surface area contributed by atoms with E-state index in [-0.39, 0.29) is 5.41 Å². The molecule has 1 aromatic heterocycles. The Morgan fingerprint density at radius 3 is 2.36 bits per heavy atom. The molecule has 0 atom stereocenters. The topological polar surface area (TPSA) is 0 Å². The van der Waals surface area contributed by atoms with Gasteiger partial charge in [0.1, 0.15) is 0 Å². The Balaban J connectivity index is 2.30. The lowest BCUT2D eigenvalue weighted by molar-refractivity contribution is 0.571. The number of thiophene rings is 1. The Labute approximate surface area is 152 Å². The summed E-state index contributed by atoms with van der Waals surface area (Å²) in [5.41, 5.74) is 6.98. The first-order chi connectivity index (χ1) is 10.2. The quantitative estimate of drug-likeness (QED) is 0.396. The van der Waals surface area contributed by atoms with Gasteiger partial charge in [0.2, 0.25) is 0 Å². The van der Waals surface area contributed by atoms with Gasteiger partial charge in [-0.05, 0) is 110 Å². The summed E-state index contributed by atoms with van der Waals surface area (Å²) in [7, 11) is 0. The lowest BCUT2D eigenvalue weighted by Crippen LogP contribution is -1.99. The van der Waals surface area contributed by atoms with Crippen molar-refractivity contribution in [2.75, 3.05) is 0 Å². The molecule has 116 valence electrons. The number of halogens is 1. The van der Waals surface area contributed by atoms with Gasteiger partial charge in [-0.15, -0.1) is 11.3 Å². The van der Waals surface area contributed by atoms with Crippen LogP contribution in [0.3, 0.4) is 0 Å². The van der Waals surface area contributed by atoms with Crippen LogP contribution < -0.4 is 0 Å². The lowest BCUT2D eigenvalue weighted by atomic mass is 9.96. The molecule has 0 N–H and O–H groups in total. The standard InChI is InChI=1S/C20H23IS/c1-13-10-18(21)14(2)9-16(13)11-17-12-22-19(15(17)3)7-8-20(4,5)6/h9-10,12H,11H2,1-6H3. The van der Waals surface area contributed by atoms with Crippen LogP contribution in [0.4, 0.5) is 0 Å². The van der Waals surface area contributed by atoms with Gasteiger partial charge in [0.15, 0.2) is 0 Å². The summed E-state index contributed by atoms with van der Waals surface area (Å²) in [4.78, 5) is 1.21. The predicted molar refractivity (Wildman–Crippen MR) is 107 cm³/mol. The number of hydrogen-bond donors (Lipinski definition) is 0. The molecule has 1 aromatic carbocycles. The van der Waals surface area contributed by atoms with Crippen molar-refractivity contribution in [3.05, 3.63) is 53.8 Å². The van der Waals surface area contributed by atoms with E-state index in [1.54, 1.807) is 11.3 Å². The summed E-state index contributed by atoms with van der Waals surface area (Å²) in [5.74, 6) is 6.71. The van der Waals surface area contributed by atoms with Crippen LogP contribution in [0.2, 0.25) is 0 Å². The Morgan fingerprint density at radius 1 is 1.05 bits per heavy atom. The highest BCUT2D eigenvalue weighted by molar-refractivity contribution is 14.1. The molecule has 0 spiro atoms. The maximum absolute atomic E-state index is 3.36. The van der Waals surface area contributed by atoms with Crippen LogP contribution in [0.25, 0.3) is 0 Å². The van der Waals surface area contributed by atoms with Crippen molar-refractivity contribution in [3.8, 4) is 11.8 Å². The average molecular weight is 422 g/mol. The fourth-order valence-corrected chi connectivity index (χ4v) is 3.79. The van der Waals surface area contributed by atoms with E-state index in [2.05, 4.69) is 93.5 Å². The van der Waals surface area contributed by atoms with Crippen molar-refractivity contribution >= 4 is 33.9 Å². The highest BCUT2D eigenvalue weighted by atomic mass is 127. The Hall–Kier alpha value is -0.790. The molecule has 0 radical (unpaired) electrons. The zero-order valence-electron chi connectivity index (χ0n) is 14.2. The van der Waals surface area contributed by atoms with Crippen LogP contribution in [0.1, 0.15) is 53.5 Å². The molecule has 0 aliphatic carbocycles. The van der Waals surface area contributed by atoms with Crippen LogP contribution in [-0.2, 0) is 6.42 Å². The minimum Gasteiger partial charge on any atom is -0.135 e. The van der Waals surface area contributed by atoms with E-state index in [1.165, 1.54) is 36.3 Å². The van der Waals surface area contributed by atoms with Gasteiger partial charge in [0.25, 0.3) is 0 Å². The molecule has 2 aromatic rings. The fraction of sp³-hybridized carbons (Fsp3) is 0.400. The number of aryl methyl sites for hydroxylation is 2. The first-order valence-corrected chi connectivity index (χ1v) is 9.49. The molecule has 0 saturated carbocycles. The summed E-state index contributed by atoms with van der Waals surface area (Å²) in [6.07, 6.45) is 1.00. The summed E-state index contributed by atoms with van der Waals surface area (Å²) < 4.78 is 1.35. The summed E-state index contributed by atoms with van der Waals surface area (Å²) >= 11 is 4.18. The van der Waals surface area contributed by atoms with Gasteiger partial charge in [-0.1, -0.05) is 17.9 Å². The molecule has 2 heteroatoms. The molecule has 0 amide bonds. The molecule has 0 saturated heterocycles. The molecule has 0 nitrogen and oxygen atoms in total. The first kappa shape index (κ1) is 17.6. The minimum absolute atomic E-state index is 0.0560. The van der Waals surface area contributed by atoms with E-state index in [0.29, 0.717) is 0 Å². The molecule has 0 aliphatic rings. The van der Waals surface area contributed by atoms with E-state index in [9.17, 15) is 0 Å². The van der Waals surface area contributed by atoms with Gasteiger partial charge in [0, 0.05) is 8.99 Å². The zero-order chi connectivity index (χ0) is 16.5. The second-order valence-corrected chi connectivity index (χ2v) is 8.96. The molecule has 22 heavy (non-hydrogen) atoms. The number of rotatable bonds is 2. The second kappa shape index (κ2) is 6.76. The lowest BCUT2D eigenvalue weighted by Gasteiger charge is -2.09. The van der Waals surface area contributed by atoms with Crippen molar-refractivity contribution in [1.29, 1.82) is 0 Å². The van der Waals surface area contributed by atoms with E-state index in [1.807, 2.05) is 0 Å². The van der Waals surface area contributed by atoms with Gasteiger partial charge in [-0.3, -0.25) is 0 Å². The van der Waals surface area contributed by atoms with Gasteiger partial charge < -0.3 is 0 Å². The first-order valence-electron chi connectivity index (χ1n) is 7.53. The maximum atomic E-state index is 3.36. The van der Waals surface area contributed by atoms with Gasteiger partial charge in [-0.25, -0.2) is 0 Å². The van der Waals surface area contributed by atoms with Crippen LogP contribution in [0.15, 0.2) is 17.5 Å². The number of benzene rings is 1. The van der Waals surface area contributed by atoms with Crippen LogP contribution in [0.5, 0.6) is 0 Å². The Morgan fingerprint density at radius 2 is 1.73 bits per heavy atom. The number of hydrogen-bond acceptors (Lipinski definition) is 1. The highest BCUT2D eigenvalue weighted by Gasteiger charge is 2.10. The van der Waals surface area contributed by atoms with Crippen molar-refractivity contribution in [1.82, 2.24) is 0 Å². The molecule has 2 rings (SSSR count). The van der Waals surface area contributed by atoms with Gasteiger partial charge in [-0.2, -0.15) is 0 Å².